The van der Waals surface area contributed by atoms with E-state index >= 15 is 0 Å². The van der Waals surface area contributed by atoms with E-state index in [2.05, 4.69) is 33.9 Å². The standard InChI is InChI=1S/C17H27NO5Si/c1-11-9-18(15(21)7-12(11)19)16-8-13(20)14(23-16)10-22-24(5,6)17(2,3)4/h9,14,16H,7-8,10H2,1-6H3/t14-,16-/m0/s1. The molecule has 2 atom stereocenters. The molecule has 0 N–H and O–H groups in total. The molecule has 0 radical (unpaired) electrons. The van der Waals surface area contributed by atoms with Crippen LogP contribution in [0.3, 0.4) is 0 Å². The summed E-state index contributed by atoms with van der Waals surface area (Å²) in [5, 5.41) is 0.0527. The van der Waals surface area contributed by atoms with Gasteiger partial charge in [-0.1, -0.05) is 20.8 Å². The van der Waals surface area contributed by atoms with Gasteiger partial charge in [-0.25, -0.2) is 0 Å². The van der Waals surface area contributed by atoms with Crippen molar-refractivity contribution < 1.29 is 23.5 Å². The fraction of sp³-hybridized carbons (Fsp3) is 0.706. The lowest BCUT2D eigenvalue weighted by molar-refractivity contribution is -0.145. The molecule has 7 heteroatoms. The highest BCUT2D eigenvalue weighted by atomic mass is 28.4. The summed E-state index contributed by atoms with van der Waals surface area (Å²) >= 11 is 0. The predicted octanol–water partition coefficient (Wildman–Crippen LogP) is 2.40. The second-order valence-corrected chi connectivity index (χ2v) is 12.8. The quantitative estimate of drug-likeness (QED) is 0.573. The molecule has 6 nitrogen and oxygen atoms in total. The third-order valence-electron chi connectivity index (χ3n) is 5.14. The maximum Gasteiger partial charge on any atom is 0.236 e. The van der Waals surface area contributed by atoms with E-state index < -0.39 is 20.6 Å². The zero-order chi connectivity index (χ0) is 18.3. The van der Waals surface area contributed by atoms with Crippen LogP contribution in [-0.2, 0) is 23.5 Å². The van der Waals surface area contributed by atoms with E-state index in [1.807, 2.05) is 0 Å². The fourth-order valence-corrected chi connectivity index (χ4v) is 3.38. The van der Waals surface area contributed by atoms with Gasteiger partial charge < -0.3 is 9.16 Å². The number of ketones is 2. The summed E-state index contributed by atoms with van der Waals surface area (Å²) in [5.74, 6) is -0.567. The van der Waals surface area contributed by atoms with E-state index in [1.165, 1.54) is 11.1 Å². The number of allylic oxidation sites excluding steroid dienone is 1. The van der Waals surface area contributed by atoms with Gasteiger partial charge in [0.15, 0.2) is 19.9 Å². The van der Waals surface area contributed by atoms with Gasteiger partial charge in [0.25, 0.3) is 0 Å². The average Bonchev–Trinajstić information content (AvgIpc) is 2.80. The van der Waals surface area contributed by atoms with Crippen LogP contribution < -0.4 is 0 Å². The monoisotopic (exact) mass is 353 g/mol. The Morgan fingerprint density at radius 3 is 2.50 bits per heavy atom. The molecule has 0 spiro atoms. The van der Waals surface area contributed by atoms with Gasteiger partial charge in [-0.05, 0) is 25.1 Å². The maximum atomic E-state index is 12.2. The average molecular weight is 353 g/mol. The zero-order valence-corrected chi connectivity index (χ0v) is 16.3. The number of hydrogen-bond donors (Lipinski definition) is 0. The Balaban J connectivity index is 2.01. The van der Waals surface area contributed by atoms with Crippen LogP contribution in [0, 0.1) is 0 Å². The number of carbonyl (C=O) groups excluding carboxylic acids is 3. The Bertz CT molecular complexity index is 590. The molecule has 0 aliphatic carbocycles. The molecule has 0 bridgehead atoms. The summed E-state index contributed by atoms with van der Waals surface area (Å²) in [7, 11) is -1.97. The lowest BCUT2D eigenvalue weighted by Crippen LogP contribution is -2.44. The van der Waals surface area contributed by atoms with Crippen molar-refractivity contribution >= 4 is 25.8 Å². The van der Waals surface area contributed by atoms with Gasteiger partial charge in [-0.3, -0.25) is 19.3 Å². The summed E-state index contributed by atoms with van der Waals surface area (Å²) in [6.45, 7) is 12.5. The third kappa shape index (κ3) is 3.84. The molecule has 0 unspecified atom stereocenters. The van der Waals surface area contributed by atoms with Gasteiger partial charge >= 0.3 is 0 Å². The summed E-state index contributed by atoms with van der Waals surface area (Å²) in [5.41, 5.74) is 0.506. The van der Waals surface area contributed by atoms with Crippen molar-refractivity contribution in [2.75, 3.05) is 6.61 Å². The summed E-state index contributed by atoms with van der Waals surface area (Å²) in [6.07, 6.45) is 0.171. The van der Waals surface area contributed by atoms with Crippen molar-refractivity contribution in [1.82, 2.24) is 4.90 Å². The van der Waals surface area contributed by atoms with Gasteiger partial charge in [-0.15, -0.1) is 0 Å². The molecule has 1 amide bonds. The molecule has 134 valence electrons. The molecular formula is C17H27NO5Si. The first-order chi connectivity index (χ1) is 10.9. The molecule has 2 aliphatic heterocycles. The number of rotatable bonds is 4. The first-order valence-corrected chi connectivity index (χ1v) is 11.2. The minimum atomic E-state index is -1.97. The summed E-state index contributed by atoms with van der Waals surface area (Å²) in [4.78, 5) is 37.2. The predicted molar refractivity (Wildman–Crippen MR) is 91.7 cm³/mol. The highest BCUT2D eigenvalue weighted by Gasteiger charge is 2.43. The number of nitrogens with zero attached hydrogens (tertiary/aromatic N) is 1. The number of amides is 1. The van der Waals surface area contributed by atoms with E-state index in [1.54, 1.807) is 6.92 Å². The number of carbonyl (C=O) groups is 3. The van der Waals surface area contributed by atoms with Crippen LogP contribution in [0.2, 0.25) is 18.1 Å². The second-order valence-electron chi connectivity index (χ2n) is 8.03. The van der Waals surface area contributed by atoms with Crippen LogP contribution in [0.5, 0.6) is 0 Å². The molecule has 1 fully saturated rings. The van der Waals surface area contributed by atoms with Crippen molar-refractivity contribution in [3.8, 4) is 0 Å². The number of ether oxygens (including phenoxy) is 1. The molecule has 0 aromatic heterocycles. The Hall–Kier alpha value is -1.31. The van der Waals surface area contributed by atoms with Crippen molar-refractivity contribution in [3.63, 3.8) is 0 Å². The highest BCUT2D eigenvalue weighted by molar-refractivity contribution is 6.74. The normalized spacial score (nSPS) is 26.2. The van der Waals surface area contributed by atoms with Crippen LogP contribution in [0.25, 0.3) is 0 Å². The Kier molecular flexibility index (Phi) is 5.18. The molecule has 2 aliphatic rings. The number of hydrogen-bond acceptors (Lipinski definition) is 5. The van der Waals surface area contributed by atoms with Crippen molar-refractivity contribution in [3.05, 3.63) is 11.8 Å². The van der Waals surface area contributed by atoms with Crippen LogP contribution in [0.4, 0.5) is 0 Å². The van der Waals surface area contributed by atoms with Crippen LogP contribution in [0.15, 0.2) is 11.8 Å². The van der Waals surface area contributed by atoms with Crippen molar-refractivity contribution in [1.29, 1.82) is 0 Å². The lowest BCUT2D eigenvalue weighted by atomic mass is 10.1. The Morgan fingerprint density at radius 1 is 1.29 bits per heavy atom. The lowest BCUT2D eigenvalue weighted by Gasteiger charge is -2.36. The fourth-order valence-electron chi connectivity index (χ4n) is 2.38. The first kappa shape index (κ1) is 19.0. The van der Waals surface area contributed by atoms with Gasteiger partial charge in [0.1, 0.15) is 12.3 Å². The minimum absolute atomic E-state index is 0.0527. The summed E-state index contributed by atoms with van der Waals surface area (Å²) in [6, 6.07) is 0. The van der Waals surface area contributed by atoms with Crippen molar-refractivity contribution in [2.45, 2.75) is 71.0 Å². The molecule has 0 aromatic rings. The van der Waals surface area contributed by atoms with Gasteiger partial charge in [0.2, 0.25) is 5.91 Å². The van der Waals surface area contributed by atoms with Gasteiger partial charge in [-0.2, -0.15) is 0 Å². The molecule has 2 heterocycles. The van der Waals surface area contributed by atoms with Crippen LogP contribution >= 0.6 is 0 Å². The molecule has 0 saturated carbocycles. The van der Waals surface area contributed by atoms with Crippen molar-refractivity contribution in [2.24, 2.45) is 0 Å². The SMILES string of the molecule is CC1=CN([C@@H]2CC(=O)[C@H](CO[Si](C)(C)C(C)(C)C)O2)C(=O)CC1=O. The largest absolute Gasteiger partial charge is 0.414 e. The van der Waals surface area contributed by atoms with E-state index in [4.69, 9.17) is 9.16 Å². The topological polar surface area (TPSA) is 72.9 Å². The van der Waals surface area contributed by atoms with Crippen LogP contribution in [0.1, 0.15) is 40.5 Å². The van der Waals surface area contributed by atoms with E-state index in [-0.39, 0.29) is 42.0 Å². The molecule has 24 heavy (non-hydrogen) atoms. The Labute approximate surface area is 144 Å². The molecule has 1 saturated heterocycles. The number of Topliss-reactive ketones (excluding diaryl/α,β-unsaturated/α-hetero) is 2. The van der Waals surface area contributed by atoms with Crippen LogP contribution in [-0.4, -0.2) is 49.6 Å². The van der Waals surface area contributed by atoms with Gasteiger partial charge in [0, 0.05) is 11.8 Å². The molecule has 2 rings (SSSR count). The highest BCUT2D eigenvalue weighted by Crippen LogP contribution is 2.37. The first-order valence-electron chi connectivity index (χ1n) is 8.27. The minimum Gasteiger partial charge on any atom is -0.414 e. The molecular weight excluding hydrogens is 326 g/mol. The zero-order valence-electron chi connectivity index (χ0n) is 15.3. The van der Waals surface area contributed by atoms with E-state index in [0.29, 0.717) is 5.57 Å². The van der Waals surface area contributed by atoms with E-state index in [9.17, 15) is 14.4 Å². The second kappa shape index (κ2) is 6.53. The van der Waals surface area contributed by atoms with E-state index in [0.717, 1.165) is 0 Å². The summed E-state index contributed by atoms with van der Waals surface area (Å²) < 4.78 is 11.8. The third-order valence-corrected chi connectivity index (χ3v) is 9.64. The van der Waals surface area contributed by atoms with Gasteiger partial charge in [0.05, 0.1) is 19.4 Å². The smallest absolute Gasteiger partial charge is 0.236 e. The maximum absolute atomic E-state index is 12.2. The molecule has 0 aromatic carbocycles. The Morgan fingerprint density at radius 2 is 1.92 bits per heavy atom.